The molecule has 0 unspecified atom stereocenters. The molecule has 0 aromatic heterocycles. The van der Waals surface area contributed by atoms with Crippen molar-refractivity contribution in [1.29, 1.82) is 0 Å². The Hall–Kier alpha value is -1.43. The second kappa shape index (κ2) is 6.36. The van der Waals surface area contributed by atoms with Gasteiger partial charge in [-0.25, -0.2) is 4.79 Å². The maximum Gasteiger partial charge on any atom is 0.338 e. The third-order valence-electron chi connectivity index (χ3n) is 3.06. The van der Waals surface area contributed by atoms with Crippen LogP contribution < -0.4 is 9.47 Å². The van der Waals surface area contributed by atoms with Gasteiger partial charge in [0.25, 0.3) is 0 Å². The van der Waals surface area contributed by atoms with Gasteiger partial charge in [0.15, 0.2) is 11.5 Å². The van der Waals surface area contributed by atoms with E-state index in [0.29, 0.717) is 27.1 Å². The SMILES string of the molecule is O=C(OCc1cc2c(cc1Br)OCO2)c1ccc(Cl)c(Cl)c1. The lowest BCUT2D eigenvalue weighted by molar-refractivity contribution is 0.0471. The first kappa shape index (κ1) is 15.5. The molecule has 2 aromatic rings. The second-order valence-electron chi connectivity index (χ2n) is 4.50. The van der Waals surface area contributed by atoms with Crippen LogP contribution >= 0.6 is 39.1 Å². The number of hydrogen-bond acceptors (Lipinski definition) is 4. The minimum Gasteiger partial charge on any atom is -0.457 e. The number of carbonyl (C=O) groups excluding carboxylic acids is 1. The Balaban J connectivity index is 1.72. The molecule has 1 aliphatic rings. The lowest BCUT2D eigenvalue weighted by Gasteiger charge is -2.08. The Bertz CT molecular complexity index is 749. The van der Waals surface area contributed by atoms with Crippen molar-refractivity contribution in [3.05, 3.63) is 56.0 Å². The summed E-state index contributed by atoms with van der Waals surface area (Å²) >= 11 is 15.1. The van der Waals surface area contributed by atoms with Crippen molar-refractivity contribution in [1.82, 2.24) is 0 Å². The van der Waals surface area contributed by atoms with Crippen molar-refractivity contribution in [3.8, 4) is 11.5 Å². The van der Waals surface area contributed by atoms with Gasteiger partial charge < -0.3 is 14.2 Å². The molecule has 0 atom stereocenters. The molecule has 4 nitrogen and oxygen atoms in total. The Kier molecular flexibility index (Phi) is 4.47. The Labute approximate surface area is 145 Å². The van der Waals surface area contributed by atoms with Crippen molar-refractivity contribution in [2.45, 2.75) is 6.61 Å². The summed E-state index contributed by atoms with van der Waals surface area (Å²) in [5.74, 6) is 0.804. The predicted octanol–water partition coefficient (Wildman–Crippen LogP) is 4.84. The summed E-state index contributed by atoms with van der Waals surface area (Å²) in [6.07, 6.45) is 0. The summed E-state index contributed by atoms with van der Waals surface area (Å²) in [7, 11) is 0. The Morgan fingerprint density at radius 2 is 1.86 bits per heavy atom. The minimum absolute atomic E-state index is 0.0936. The fourth-order valence-electron chi connectivity index (χ4n) is 1.92. The summed E-state index contributed by atoms with van der Waals surface area (Å²) in [6.45, 7) is 0.282. The van der Waals surface area contributed by atoms with Crippen molar-refractivity contribution in [2.75, 3.05) is 6.79 Å². The van der Waals surface area contributed by atoms with Crippen LogP contribution in [0, 0.1) is 0 Å². The zero-order valence-electron chi connectivity index (χ0n) is 11.1. The number of esters is 1. The van der Waals surface area contributed by atoms with E-state index in [2.05, 4.69) is 15.9 Å². The number of hydrogen-bond donors (Lipinski definition) is 0. The van der Waals surface area contributed by atoms with Gasteiger partial charge in [-0.05, 0) is 30.3 Å². The number of benzene rings is 2. The molecule has 7 heteroatoms. The molecular formula is C15H9BrCl2O4. The van der Waals surface area contributed by atoms with Crippen LogP contribution in [0.15, 0.2) is 34.8 Å². The van der Waals surface area contributed by atoms with Crippen LogP contribution in [0.2, 0.25) is 10.0 Å². The number of halogens is 3. The second-order valence-corrected chi connectivity index (χ2v) is 6.17. The van der Waals surface area contributed by atoms with Crippen LogP contribution in [0.5, 0.6) is 11.5 Å². The number of ether oxygens (including phenoxy) is 3. The molecule has 1 heterocycles. The van der Waals surface area contributed by atoms with E-state index in [1.807, 2.05) is 0 Å². The zero-order valence-corrected chi connectivity index (χ0v) is 14.2. The van der Waals surface area contributed by atoms with E-state index in [0.717, 1.165) is 10.0 Å². The third kappa shape index (κ3) is 3.16. The molecule has 22 heavy (non-hydrogen) atoms. The summed E-state index contributed by atoms with van der Waals surface area (Å²) in [5.41, 5.74) is 1.11. The van der Waals surface area contributed by atoms with Crippen LogP contribution in [0.4, 0.5) is 0 Å². The first-order valence-corrected chi connectivity index (χ1v) is 7.79. The highest BCUT2D eigenvalue weighted by molar-refractivity contribution is 9.10. The van der Waals surface area contributed by atoms with Gasteiger partial charge in [0.05, 0.1) is 15.6 Å². The molecule has 0 bridgehead atoms. The van der Waals surface area contributed by atoms with Crippen LogP contribution in [0.1, 0.15) is 15.9 Å². The average molecular weight is 404 g/mol. The van der Waals surface area contributed by atoms with E-state index in [1.165, 1.54) is 6.07 Å². The monoisotopic (exact) mass is 402 g/mol. The number of fused-ring (bicyclic) bond motifs is 1. The number of rotatable bonds is 3. The molecule has 2 aromatic carbocycles. The summed E-state index contributed by atoms with van der Waals surface area (Å²) in [4.78, 5) is 12.0. The normalized spacial score (nSPS) is 12.3. The van der Waals surface area contributed by atoms with E-state index in [-0.39, 0.29) is 13.4 Å². The highest BCUT2D eigenvalue weighted by atomic mass is 79.9. The molecule has 114 valence electrons. The largest absolute Gasteiger partial charge is 0.457 e. The molecular weight excluding hydrogens is 395 g/mol. The summed E-state index contributed by atoms with van der Waals surface area (Å²) in [6, 6.07) is 8.14. The van der Waals surface area contributed by atoms with Gasteiger partial charge in [0, 0.05) is 10.0 Å². The number of carbonyl (C=O) groups is 1. The fourth-order valence-corrected chi connectivity index (χ4v) is 2.65. The van der Waals surface area contributed by atoms with Crippen LogP contribution in [-0.2, 0) is 11.3 Å². The lowest BCUT2D eigenvalue weighted by Crippen LogP contribution is -2.05. The highest BCUT2D eigenvalue weighted by Gasteiger charge is 2.17. The van der Waals surface area contributed by atoms with Gasteiger partial charge in [-0.3, -0.25) is 0 Å². The topological polar surface area (TPSA) is 44.8 Å². The molecule has 0 saturated carbocycles. The molecule has 3 rings (SSSR count). The van der Waals surface area contributed by atoms with Gasteiger partial charge in [-0.2, -0.15) is 0 Å². The van der Waals surface area contributed by atoms with E-state index < -0.39 is 5.97 Å². The third-order valence-corrected chi connectivity index (χ3v) is 4.53. The van der Waals surface area contributed by atoms with Crippen LogP contribution in [0.25, 0.3) is 0 Å². The zero-order chi connectivity index (χ0) is 15.7. The van der Waals surface area contributed by atoms with Gasteiger partial charge in [0.1, 0.15) is 6.61 Å². The molecule has 0 radical (unpaired) electrons. The van der Waals surface area contributed by atoms with E-state index >= 15 is 0 Å². The van der Waals surface area contributed by atoms with E-state index in [4.69, 9.17) is 37.4 Å². The maximum absolute atomic E-state index is 12.0. The van der Waals surface area contributed by atoms with Gasteiger partial charge in [0.2, 0.25) is 6.79 Å². The van der Waals surface area contributed by atoms with Gasteiger partial charge in [-0.15, -0.1) is 0 Å². The Morgan fingerprint density at radius 1 is 1.14 bits per heavy atom. The lowest BCUT2D eigenvalue weighted by atomic mass is 10.2. The fraction of sp³-hybridized carbons (Fsp3) is 0.133. The highest BCUT2D eigenvalue weighted by Crippen LogP contribution is 2.37. The van der Waals surface area contributed by atoms with E-state index in [1.54, 1.807) is 24.3 Å². The summed E-state index contributed by atoms with van der Waals surface area (Å²) < 4.78 is 16.6. The van der Waals surface area contributed by atoms with Gasteiger partial charge in [-0.1, -0.05) is 39.1 Å². The molecule has 0 spiro atoms. The Morgan fingerprint density at radius 3 is 2.59 bits per heavy atom. The van der Waals surface area contributed by atoms with Crippen LogP contribution in [0.3, 0.4) is 0 Å². The molecule has 0 aliphatic carbocycles. The molecule has 0 amide bonds. The first-order chi connectivity index (χ1) is 10.5. The standard InChI is InChI=1S/C15H9BrCl2O4/c16-10-5-14-13(21-7-22-14)4-9(10)6-20-15(19)8-1-2-11(17)12(18)3-8/h1-5H,6-7H2. The minimum atomic E-state index is -0.483. The van der Waals surface area contributed by atoms with Crippen molar-refractivity contribution >= 4 is 45.1 Å². The average Bonchev–Trinajstić information content (AvgIpc) is 2.94. The van der Waals surface area contributed by atoms with Crippen molar-refractivity contribution in [2.24, 2.45) is 0 Å². The summed E-state index contributed by atoms with van der Waals surface area (Å²) in [5, 5.41) is 0.692. The molecule has 0 N–H and O–H groups in total. The van der Waals surface area contributed by atoms with Crippen molar-refractivity contribution < 1.29 is 19.0 Å². The first-order valence-electron chi connectivity index (χ1n) is 6.25. The molecule has 0 saturated heterocycles. The molecule has 0 fully saturated rings. The van der Waals surface area contributed by atoms with Crippen LogP contribution in [-0.4, -0.2) is 12.8 Å². The maximum atomic E-state index is 12.0. The van der Waals surface area contributed by atoms with E-state index in [9.17, 15) is 4.79 Å². The quantitative estimate of drug-likeness (QED) is 0.687. The molecule has 1 aliphatic heterocycles. The van der Waals surface area contributed by atoms with Gasteiger partial charge >= 0.3 is 5.97 Å². The van der Waals surface area contributed by atoms with Crippen molar-refractivity contribution in [3.63, 3.8) is 0 Å². The predicted molar refractivity (Wildman–Crippen MR) is 85.8 cm³/mol. The smallest absolute Gasteiger partial charge is 0.338 e.